The first-order valence-corrected chi connectivity index (χ1v) is 4.39. The molecule has 0 amide bonds. The highest BCUT2D eigenvalue weighted by atomic mass is 79.9. The predicted molar refractivity (Wildman–Crippen MR) is 48.4 cm³/mol. The lowest BCUT2D eigenvalue weighted by atomic mass is 10.2. The average molecular weight is 232 g/mol. The van der Waals surface area contributed by atoms with Crippen LogP contribution < -0.4 is 5.73 Å². The van der Waals surface area contributed by atoms with Crippen molar-refractivity contribution in [3.8, 4) is 0 Å². The Morgan fingerprint density at radius 3 is 2.58 bits per heavy atom. The highest BCUT2D eigenvalue weighted by Gasteiger charge is 2.08. The molecule has 5 heteroatoms. The van der Waals surface area contributed by atoms with Crippen molar-refractivity contribution < 1.29 is 5.11 Å². The van der Waals surface area contributed by atoms with Crippen LogP contribution in [-0.2, 0) is 0 Å². The van der Waals surface area contributed by atoms with Gasteiger partial charge in [-0.3, -0.25) is 0 Å². The third kappa shape index (κ3) is 2.51. The summed E-state index contributed by atoms with van der Waals surface area (Å²) in [7, 11) is 0. The van der Waals surface area contributed by atoms with Crippen LogP contribution in [0.1, 0.15) is 18.3 Å². The Bertz CT molecular complexity index is 239. The van der Waals surface area contributed by atoms with Gasteiger partial charge in [0.1, 0.15) is 6.10 Å². The molecule has 3 N–H and O–H groups in total. The summed E-state index contributed by atoms with van der Waals surface area (Å²) in [5.41, 5.74) is 5.27. The summed E-state index contributed by atoms with van der Waals surface area (Å²) in [6.07, 6.45) is 3.04. The van der Waals surface area contributed by atoms with Crippen LogP contribution in [0.25, 0.3) is 0 Å². The number of hydrogen-bond acceptors (Lipinski definition) is 4. The second-order valence-corrected chi connectivity index (χ2v) is 3.27. The number of rotatable bonds is 3. The zero-order valence-electron chi connectivity index (χ0n) is 6.44. The van der Waals surface area contributed by atoms with E-state index in [9.17, 15) is 5.11 Å². The van der Waals surface area contributed by atoms with Crippen molar-refractivity contribution in [3.05, 3.63) is 22.7 Å². The maximum absolute atomic E-state index is 9.39. The SMILES string of the molecule is NCC[C@@H](O)c1ncc(Br)cn1. The van der Waals surface area contributed by atoms with Crippen LogP contribution in [0.2, 0.25) is 0 Å². The fourth-order valence-corrected chi connectivity index (χ4v) is 0.986. The molecule has 1 heterocycles. The van der Waals surface area contributed by atoms with Gasteiger partial charge in [-0.05, 0) is 28.9 Å². The van der Waals surface area contributed by atoms with Crippen molar-refractivity contribution in [1.82, 2.24) is 9.97 Å². The number of aromatic nitrogens is 2. The highest BCUT2D eigenvalue weighted by Crippen LogP contribution is 2.12. The predicted octanol–water partition coefficient (Wildman–Crippen LogP) is 0.621. The molecular weight excluding hydrogens is 222 g/mol. The Hall–Kier alpha value is -0.520. The molecule has 0 aromatic carbocycles. The van der Waals surface area contributed by atoms with E-state index in [1.165, 1.54) is 0 Å². The largest absolute Gasteiger partial charge is 0.385 e. The van der Waals surface area contributed by atoms with Gasteiger partial charge in [0.15, 0.2) is 5.82 Å². The van der Waals surface area contributed by atoms with Gasteiger partial charge in [-0.2, -0.15) is 0 Å². The summed E-state index contributed by atoms with van der Waals surface area (Å²) in [4.78, 5) is 7.87. The smallest absolute Gasteiger partial charge is 0.156 e. The summed E-state index contributed by atoms with van der Waals surface area (Å²) in [5.74, 6) is 0.420. The van der Waals surface area contributed by atoms with E-state index in [-0.39, 0.29) is 0 Å². The molecule has 0 saturated heterocycles. The van der Waals surface area contributed by atoms with Crippen LogP contribution in [-0.4, -0.2) is 21.6 Å². The normalized spacial score (nSPS) is 12.9. The Kier molecular flexibility index (Phi) is 3.58. The Balaban J connectivity index is 2.68. The fourth-order valence-electron chi connectivity index (χ4n) is 0.781. The molecule has 1 aromatic rings. The molecule has 1 rings (SSSR count). The summed E-state index contributed by atoms with van der Waals surface area (Å²) >= 11 is 3.20. The Morgan fingerprint density at radius 2 is 2.08 bits per heavy atom. The van der Waals surface area contributed by atoms with Crippen molar-refractivity contribution in [3.63, 3.8) is 0 Å². The zero-order valence-corrected chi connectivity index (χ0v) is 8.03. The van der Waals surface area contributed by atoms with E-state index in [1.807, 2.05) is 0 Å². The Labute approximate surface area is 79.0 Å². The molecule has 12 heavy (non-hydrogen) atoms. The van der Waals surface area contributed by atoms with Gasteiger partial charge in [0.05, 0.1) is 4.47 Å². The lowest BCUT2D eigenvalue weighted by Gasteiger charge is -2.06. The van der Waals surface area contributed by atoms with Crippen LogP contribution >= 0.6 is 15.9 Å². The number of aliphatic hydroxyl groups excluding tert-OH is 1. The fraction of sp³-hybridized carbons (Fsp3) is 0.429. The molecule has 1 atom stereocenters. The van der Waals surface area contributed by atoms with Crippen molar-refractivity contribution in [2.45, 2.75) is 12.5 Å². The van der Waals surface area contributed by atoms with Crippen LogP contribution in [0.15, 0.2) is 16.9 Å². The van der Waals surface area contributed by atoms with Crippen molar-refractivity contribution in [2.24, 2.45) is 5.73 Å². The second kappa shape index (κ2) is 4.49. The van der Waals surface area contributed by atoms with Crippen molar-refractivity contribution in [1.29, 1.82) is 0 Å². The summed E-state index contributed by atoms with van der Waals surface area (Å²) in [5, 5.41) is 9.39. The Morgan fingerprint density at radius 1 is 1.50 bits per heavy atom. The topological polar surface area (TPSA) is 72.0 Å². The van der Waals surface area contributed by atoms with Gasteiger partial charge in [0, 0.05) is 12.4 Å². The van der Waals surface area contributed by atoms with Gasteiger partial charge < -0.3 is 10.8 Å². The van der Waals surface area contributed by atoms with Gasteiger partial charge in [0.25, 0.3) is 0 Å². The molecule has 0 spiro atoms. The van der Waals surface area contributed by atoms with E-state index in [0.717, 1.165) is 4.47 Å². The van der Waals surface area contributed by atoms with Crippen molar-refractivity contribution in [2.75, 3.05) is 6.54 Å². The van der Waals surface area contributed by atoms with Gasteiger partial charge in [-0.1, -0.05) is 0 Å². The maximum atomic E-state index is 9.39. The maximum Gasteiger partial charge on any atom is 0.156 e. The van der Waals surface area contributed by atoms with Gasteiger partial charge >= 0.3 is 0 Å². The average Bonchev–Trinajstić information content (AvgIpc) is 2.06. The van der Waals surface area contributed by atoms with Gasteiger partial charge in [-0.25, -0.2) is 9.97 Å². The number of hydrogen-bond donors (Lipinski definition) is 2. The minimum absolute atomic E-state index is 0.420. The lowest BCUT2D eigenvalue weighted by molar-refractivity contribution is 0.160. The number of nitrogens with two attached hydrogens (primary N) is 1. The first-order chi connectivity index (χ1) is 5.74. The first kappa shape index (κ1) is 9.57. The minimum atomic E-state index is -0.650. The quantitative estimate of drug-likeness (QED) is 0.801. The molecular formula is C7H10BrN3O. The molecule has 0 saturated carbocycles. The molecule has 0 aliphatic heterocycles. The van der Waals surface area contributed by atoms with Crippen LogP contribution in [0.5, 0.6) is 0 Å². The van der Waals surface area contributed by atoms with Crippen LogP contribution in [0.3, 0.4) is 0 Å². The molecule has 0 unspecified atom stereocenters. The van der Waals surface area contributed by atoms with E-state index in [4.69, 9.17) is 5.73 Å². The third-order valence-corrected chi connectivity index (χ3v) is 1.79. The molecule has 0 fully saturated rings. The molecule has 66 valence electrons. The van der Waals surface area contributed by atoms with Crippen molar-refractivity contribution >= 4 is 15.9 Å². The zero-order chi connectivity index (χ0) is 8.97. The van der Waals surface area contributed by atoms with Crippen LogP contribution in [0, 0.1) is 0 Å². The third-order valence-electron chi connectivity index (χ3n) is 1.38. The minimum Gasteiger partial charge on any atom is -0.385 e. The molecule has 1 aromatic heterocycles. The summed E-state index contributed by atoms with van der Waals surface area (Å²) in [6.45, 7) is 0.431. The van der Waals surface area contributed by atoms with E-state index in [0.29, 0.717) is 18.8 Å². The molecule has 0 bridgehead atoms. The first-order valence-electron chi connectivity index (χ1n) is 3.59. The van der Waals surface area contributed by atoms with Gasteiger partial charge in [-0.15, -0.1) is 0 Å². The highest BCUT2D eigenvalue weighted by molar-refractivity contribution is 9.10. The molecule has 0 radical (unpaired) electrons. The monoisotopic (exact) mass is 231 g/mol. The number of halogens is 1. The van der Waals surface area contributed by atoms with E-state index >= 15 is 0 Å². The second-order valence-electron chi connectivity index (χ2n) is 2.35. The van der Waals surface area contributed by atoms with E-state index in [1.54, 1.807) is 12.4 Å². The van der Waals surface area contributed by atoms with E-state index in [2.05, 4.69) is 25.9 Å². The van der Waals surface area contributed by atoms with Crippen LogP contribution in [0.4, 0.5) is 0 Å². The lowest BCUT2D eigenvalue weighted by Crippen LogP contribution is -2.09. The number of aliphatic hydroxyl groups is 1. The molecule has 4 nitrogen and oxygen atoms in total. The van der Waals surface area contributed by atoms with E-state index < -0.39 is 6.10 Å². The standard InChI is InChI=1S/C7H10BrN3O/c8-5-3-10-7(11-4-5)6(12)1-2-9/h3-4,6,12H,1-2,9H2/t6-/m1/s1. The van der Waals surface area contributed by atoms with Gasteiger partial charge in [0.2, 0.25) is 0 Å². The molecule has 0 aliphatic carbocycles. The molecule has 0 aliphatic rings. The summed E-state index contributed by atoms with van der Waals surface area (Å²) < 4.78 is 0.797. The summed E-state index contributed by atoms with van der Waals surface area (Å²) in [6, 6.07) is 0. The number of nitrogens with zero attached hydrogens (tertiary/aromatic N) is 2.